The molecule has 1 heterocycles. The van der Waals surface area contributed by atoms with E-state index in [1.165, 1.54) is 0 Å². The predicted molar refractivity (Wildman–Crippen MR) is 108 cm³/mol. The lowest BCUT2D eigenvalue weighted by atomic mass is 10.2. The number of hydrogen-bond acceptors (Lipinski definition) is 5. The number of hydrogen-bond donors (Lipinski definition) is 1. The molecule has 0 unspecified atom stereocenters. The first-order chi connectivity index (χ1) is 12.5. The zero-order valence-corrected chi connectivity index (χ0v) is 16.5. The quantitative estimate of drug-likeness (QED) is 0.686. The van der Waals surface area contributed by atoms with E-state index in [-0.39, 0.29) is 11.1 Å². The number of nitrogens with zero attached hydrogens (tertiary/aromatic N) is 1. The van der Waals surface area contributed by atoms with E-state index in [4.69, 9.17) is 15.2 Å². The molecule has 2 N–H and O–H groups in total. The summed E-state index contributed by atoms with van der Waals surface area (Å²) in [7, 11) is 0. The normalized spacial score (nSPS) is 15.2. The summed E-state index contributed by atoms with van der Waals surface area (Å²) in [6.45, 7) is 2.86. The van der Waals surface area contributed by atoms with Gasteiger partial charge in [0, 0.05) is 4.47 Å². The fourth-order valence-electron chi connectivity index (χ4n) is 2.32. The summed E-state index contributed by atoms with van der Waals surface area (Å²) in [5.74, 6) is 0.961. The van der Waals surface area contributed by atoms with Crippen molar-refractivity contribution in [2.75, 3.05) is 6.61 Å². The fourth-order valence-corrected chi connectivity index (χ4v) is 3.27. The lowest BCUT2D eigenvalue weighted by Gasteiger charge is -2.13. The second-order valence-electron chi connectivity index (χ2n) is 5.42. The van der Waals surface area contributed by atoms with Gasteiger partial charge in [-0.05, 0) is 60.2 Å². The number of carbonyl (C=O) groups is 1. The SMILES string of the molecule is CCOc1cc(C=C2SC(N)=NC2=O)ccc1OCc1ccc(Br)cc1. The lowest BCUT2D eigenvalue weighted by molar-refractivity contribution is -0.113. The summed E-state index contributed by atoms with van der Waals surface area (Å²) in [6, 6.07) is 13.5. The van der Waals surface area contributed by atoms with Gasteiger partial charge in [-0.15, -0.1) is 0 Å². The monoisotopic (exact) mass is 432 g/mol. The Morgan fingerprint density at radius 1 is 1.15 bits per heavy atom. The summed E-state index contributed by atoms with van der Waals surface area (Å²) < 4.78 is 12.6. The Balaban J connectivity index is 1.77. The molecule has 7 heteroatoms. The van der Waals surface area contributed by atoms with Crippen LogP contribution in [-0.4, -0.2) is 17.7 Å². The largest absolute Gasteiger partial charge is 0.490 e. The Morgan fingerprint density at radius 2 is 1.92 bits per heavy atom. The van der Waals surface area contributed by atoms with Crippen LogP contribution < -0.4 is 15.2 Å². The Bertz CT molecular complexity index is 879. The number of aliphatic imine (C=N–C) groups is 1. The van der Waals surface area contributed by atoms with Crippen molar-refractivity contribution in [1.82, 2.24) is 0 Å². The number of carbonyl (C=O) groups excluding carboxylic acids is 1. The van der Waals surface area contributed by atoms with Crippen LogP contribution in [-0.2, 0) is 11.4 Å². The maximum atomic E-state index is 11.7. The van der Waals surface area contributed by atoms with Crippen molar-refractivity contribution >= 4 is 44.8 Å². The number of amidine groups is 1. The second kappa shape index (κ2) is 8.42. The first kappa shape index (κ1) is 18.5. The van der Waals surface area contributed by atoms with Gasteiger partial charge in [0.15, 0.2) is 16.7 Å². The molecule has 3 rings (SSSR count). The molecule has 26 heavy (non-hydrogen) atoms. The number of benzene rings is 2. The molecule has 0 aliphatic carbocycles. The van der Waals surface area contributed by atoms with Crippen molar-refractivity contribution in [2.45, 2.75) is 13.5 Å². The van der Waals surface area contributed by atoms with E-state index in [0.29, 0.717) is 29.6 Å². The van der Waals surface area contributed by atoms with Crippen LogP contribution in [0, 0.1) is 0 Å². The number of thioether (sulfide) groups is 1. The van der Waals surface area contributed by atoms with Crippen LogP contribution in [0.5, 0.6) is 11.5 Å². The second-order valence-corrected chi connectivity index (χ2v) is 7.40. The van der Waals surface area contributed by atoms with Gasteiger partial charge < -0.3 is 15.2 Å². The Labute approximate surface area is 164 Å². The molecule has 2 aromatic rings. The molecule has 1 amide bonds. The highest BCUT2D eigenvalue weighted by atomic mass is 79.9. The number of ether oxygens (including phenoxy) is 2. The molecule has 1 aliphatic rings. The molecule has 0 spiro atoms. The molecule has 1 aliphatic heterocycles. The van der Waals surface area contributed by atoms with Gasteiger partial charge >= 0.3 is 0 Å². The smallest absolute Gasteiger partial charge is 0.286 e. The number of rotatable bonds is 6. The molecular formula is C19H17BrN2O3S. The summed E-state index contributed by atoms with van der Waals surface area (Å²) in [5.41, 5.74) is 7.46. The highest BCUT2D eigenvalue weighted by Gasteiger charge is 2.19. The summed E-state index contributed by atoms with van der Waals surface area (Å²) in [4.78, 5) is 15.9. The zero-order chi connectivity index (χ0) is 18.5. The molecule has 0 saturated heterocycles. The van der Waals surface area contributed by atoms with Crippen molar-refractivity contribution in [3.05, 3.63) is 63.0 Å². The first-order valence-electron chi connectivity index (χ1n) is 7.97. The third-order valence-corrected chi connectivity index (χ3v) is 4.85. The summed E-state index contributed by atoms with van der Waals surface area (Å²) >= 11 is 4.58. The molecule has 134 valence electrons. The molecular weight excluding hydrogens is 416 g/mol. The maximum absolute atomic E-state index is 11.7. The maximum Gasteiger partial charge on any atom is 0.286 e. The van der Waals surface area contributed by atoms with Gasteiger partial charge in [-0.3, -0.25) is 4.79 Å². The van der Waals surface area contributed by atoms with Gasteiger partial charge in [-0.25, -0.2) is 0 Å². The molecule has 0 atom stereocenters. The number of halogens is 1. The van der Waals surface area contributed by atoms with Gasteiger partial charge in [0.05, 0.1) is 11.5 Å². The fraction of sp³-hybridized carbons (Fsp3) is 0.158. The van der Waals surface area contributed by atoms with E-state index in [1.54, 1.807) is 6.08 Å². The van der Waals surface area contributed by atoms with Crippen molar-refractivity contribution in [3.63, 3.8) is 0 Å². The van der Waals surface area contributed by atoms with Crippen molar-refractivity contribution in [1.29, 1.82) is 0 Å². The molecule has 2 aromatic carbocycles. The topological polar surface area (TPSA) is 73.9 Å². The molecule has 0 fully saturated rings. The van der Waals surface area contributed by atoms with Gasteiger partial charge in [0.1, 0.15) is 6.61 Å². The van der Waals surface area contributed by atoms with Crippen LogP contribution in [0.15, 0.2) is 56.8 Å². The lowest BCUT2D eigenvalue weighted by Crippen LogP contribution is -2.01. The van der Waals surface area contributed by atoms with Crippen LogP contribution in [0.2, 0.25) is 0 Å². The Morgan fingerprint density at radius 3 is 2.58 bits per heavy atom. The van der Waals surface area contributed by atoms with Crippen molar-refractivity contribution < 1.29 is 14.3 Å². The minimum absolute atomic E-state index is 0.265. The predicted octanol–water partition coefficient (Wildman–Crippen LogP) is 4.36. The van der Waals surface area contributed by atoms with Gasteiger partial charge in [0.2, 0.25) is 0 Å². The van der Waals surface area contributed by atoms with Gasteiger partial charge in [-0.1, -0.05) is 34.1 Å². The van der Waals surface area contributed by atoms with E-state index >= 15 is 0 Å². The van der Waals surface area contributed by atoms with E-state index in [2.05, 4.69) is 20.9 Å². The zero-order valence-electron chi connectivity index (χ0n) is 14.1. The van der Waals surface area contributed by atoms with Crippen LogP contribution in [0.3, 0.4) is 0 Å². The van der Waals surface area contributed by atoms with E-state index in [1.807, 2.05) is 49.4 Å². The van der Waals surface area contributed by atoms with E-state index < -0.39 is 0 Å². The van der Waals surface area contributed by atoms with Crippen molar-refractivity contribution in [2.24, 2.45) is 10.7 Å². The highest BCUT2D eigenvalue weighted by molar-refractivity contribution is 9.10. The average Bonchev–Trinajstić information content (AvgIpc) is 2.93. The Kier molecular flexibility index (Phi) is 6.00. The summed E-state index contributed by atoms with van der Waals surface area (Å²) in [6.07, 6.45) is 1.75. The minimum Gasteiger partial charge on any atom is -0.490 e. The third-order valence-electron chi connectivity index (χ3n) is 3.51. The molecule has 0 radical (unpaired) electrons. The first-order valence-corrected chi connectivity index (χ1v) is 9.58. The van der Waals surface area contributed by atoms with Crippen LogP contribution >= 0.6 is 27.7 Å². The van der Waals surface area contributed by atoms with Gasteiger partial charge in [-0.2, -0.15) is 4.99 Å². The summed E-state index contributed by atoms with van der Waals surface area (Å²) in [5, 5.41) is 0.265. The van der Waals surface area contributed by atoms with E-state index in [9.17, 15) is 4.79 Å². The van der Waals surface area contributed by atoms with Crippen LogP contribution in [0.25, 0.3) is 6.08 Å². The average molecular weight is 433 g/mol. The Hall–Kier alpha value is -2.25. The highest BCUT2D eigenvalue weighted by Crippen LogP contribution is 2.32. The van der Waals surface area contributed by atoms with Gasteiger partial charge in [0.25, 0.3) is 5.91 Å². The third kappa shape index (κ3) is 4.68. The van der Waals surface area contributed by atoms with Crippen LogP contribution in [0.1, 0.15) is 18.1 Å². The van der Waals surface area contributed by atoms with Crippen molar-refractivity contribution in [3.8, 4) is 11.5 Å². The molecule has 0 saturated carbocycles. The standard InChI is InChI=1S/C19H17BrN2O3S/c1-2-24-16-9-13(10-17-18(23)22-19(21)26-17)5-8-15(16)25-11-12-3-6-14(20)7-4-12/h3-10H,2,11H2,1H3,(H2,21,22,23). The number of nitrogens with two attached hydrogens (primary N) is 1. The van der Waals surface area contributed by atoms with Crippen LogP contribution in [0.4, 0.5) is 0 Å². The van der Waals surface area contributed by atoms with E-state index in [0.717, 1.165) is 27.4 Å². The molecule has 0 bridgehead atoms. The molecule has 0 aromatic heterocycles. The minimum atomic E-state index is -0.318. The molecule has 5 nitrogen and oxygen atoms in total. The number of amides is 1.